The Morgan fingerprint density at radius 2 is 1.64 bits per heavy atom. The molecule has 0 aliphatic rings. The Balaban J connectivity index is 2.07. The van der Waals surface area contributed by atoms with Crippen molar-refractivity contribution in [3.05, 3.63) is 88.4 Å². The number of aryl methyl sites for hydroxylation is 2. The summed E-state index contributed by atoms with van der Waals surface area (Å²) in [5.41, 5.74) is 2.68. The zero-order valence-corrected chi connectivity index (χ0v) is 24.3. The van der Waals surface area contributed by atoms with E-state index in [1.807, 2.05) is 13.8 Å². The number of ether oxygens (including phenoxy) is 1. The van der Waals surface area contributed by atoms with Crippen molar-refractivity contribution in [3.63, 3.8) is 0 Å². The van der Waals surface area contributed by atoms with Crippen molar-refractivity contribution in [2.75, 3.05) is 25.0 Å². The fourth-order valence-corrected chi connectivity index (χ4v) is 5.70. The van der Waals surface area contributed by atoms with E-state index in [0.29, 0.717) is 17.2 Å². The smallest absolute Gasteiger partial charge is 0.264 e. The number of nitrogens with one attached hydrogen (secondary N) is 1. The van der Waals surface area contributed by atoms with Crippen molar-refractivity contribution in [3.8, 4) is 5.75 Å². The van der Waals surface area contributed by atoms with E-state index in [-0.39, 0.29) is 23.0 Å². The van der Waals surface area contributed by atoms with Gasteiger partial charge >= 0.3 is 0 Å². The molecule has 3 aromatic carbocycles. The van der Waals surface area contributed by atoms with Crippen LogP contribution >= 0.6 is 11.6 Å². The summed E-state index contributed by atoms with van der Waals surface area (Å²) >= 11 is 6.36. The molecular weight excluding hydrogens is 538 g/mol. The molecule has 10 heteroatoms. The molecule has 8 nitrogen and oxygen atoms in total. The number of halogens is 1. The second-order valence-electron chi connectivity index (χ2n) is 9.17. The molecule has 3 aromatic rings. The van der Waals surface area contributed by atoms with E-state index in [9.17, 15) is 18.0 Å². The van der Waals surface area contributed by atoms with E-state index in [1.165, 1.54) is 30.1 Å². The fourth-order valence-electron chi connectivity index (χ4n) is 4.12. The predicted molar refractivity (Wildman–Crippen MR) is 154 cm³/mol. The highest BCUT2D eigenvalue weighted by Crippen LogP contribution is 2.29. The number of sulfonamides is 1. The summed E-state index contributed by atoms with van der Waals surface area (Å²) in [6.45, 7) is 5.04. The van der Waals surface area contributed by atoms with E-state index < -0.39 is 28.5 Å². The van der Waals surface area contributed by atoms with Gasteiger partial charge in [-0.25, -0.2) is 8.42 Å². The molecule has 0 aromatic heterocycles. The van der Waals surface area contributed by atoms with Crippen LogP contribution in [0.25, 0.3) is 0 Å². The zero-order valence-electron chi connectivity index (χ0n) is 22.8. The molecule has 0 saturated carbocycles. The van der Waals surface area contributed by atoms with Crippen LogP contribution in [-0.4, -0.2) is 51.9 Å². The Labute approximate surface area is 235 Å². The molecule has 208 valence electrons. The first-order valence-electron chi connectivity index (χ1n) is 12.5. The molecule has 0 aliphatic carbocycles. The van der Waals surface area contributed by atoms with E-state index in [1.54, 1.807) is 62.6 Å². The molecule has 0 aliphatic heterocycles. The number of hydrogen-bond donors (Lipinski definition) is 1. The van der Waals surface area contributed by atoms with Crippen LogP contribution in [0.3, 0.4) is 0 Å². The maximum Gasteiger partial charge on any atom is 0.264 e. The third kappa shape index (κ3) is 7.10. The number of nitrogens with zero attached hydrogens (tertiary/aromatic N) is 2. The van der Waals surface area contributed by atoms with Crippen molar-refractivity contribution >= 4 is 39.1 Å². The van der Waals surface area contributed by atoms with Gasteiger partial charge in [0.25, 0.3) is 10.0 Å². The normalized spacial score (nSPS) is 11.9. The van der Waals surface area contributed by atoms with Gasteiger partial charge in [0.2, 0.25) is 11.8 Å². The lowest BCUT2D eigenvalue weighted by molar-refractivity contribution is -0.140. The van der Waals surface area contributed by atoms with Crippen molar-refractivity contribution < 1.29 is 22.7 Å². The quantitative estimate of drug-likeness (QED) is 0.359. The standard InChI is InChI=1S/C29H34ClN3O5S/c1-6-27(29(35)31-4)32(18-22-10-13-24(38-5)14-11-22)28(34)19-33(23-12-9-21(3)26(30)17-23)39(36,37)25-15-7-20(2)8-16-25/h7-17,27H,6,18-19H2,1-5H3,(H,31,35). The number of amides is 2. The first kappa shape index (κ1) is 30.0. The van der Waals surface area contributed by atoms with Crippen LogP contribution in [0.2, 0.25) is 5.02 Å². The largest absolute Gasteiger partial charge is 0.497 e. The van der Waals surface area contributed by atoms with Gasteiger partial charge in [-0.3, -0.25) is 13.9 Å². The highest BCUT2D eigenvalue weighted by Gasteiger charge is 2.33. The number of benzene rings is 3. The van der Waals surface area contributed by atoms with E-state index in [0.717, 1.165) is 21.0 Å². The van der Waals surface area contributed by atoms with Gasteiger partial charge in [0.15, 0.2) is 0 Å². The number of carbonyl (C=O) groups excluding carboxylic acids is 2. The molecule has 0 saturated heterocycles. The maximum atomic E-state index is 13.9. The Kier molecular flexibility index (Phi) is 9.99. The van der Waals surface area contributed by atoms with Gasteiger partial charge in [-0.15, -0.1) is 0 Å². The summed E-state index contributed by atoms with van der Waals surface area (Å²) in [6.07, 6.45) is 0.336. The van der Waals surface area contributed by atoms with Crippen LogP contribution in [-0.2, 0) is 26.2 Å². The summed E-state index contributed by atoms with van der Waals surface area (Å²) in [4.78, 5) is 28.2. The lowest BCUT2D eigenvalue weighted by atomic mass is 10.1. The second kappa shape index (κ2) is 13.0. The van der Waals surface area contributed by atoms with Gasteiger partial charge in [-0.1, -0.05) is 54.4 Å². The average Bonchev–Trinajstić information content (AvgIpc) is 2.93. The number of likely N-dealkylation sites (N-methyl/N-ethyl adjacent to an activating group) is 1. The lowest BCUT2D eigenvalue weighted by Gasteiger charge is -2.33. The van der Waals surface area contributed by atoms with Gasteiger partial charge in [0.05, 0.1) is 17.7 Å². The average molecular weight is 572 g/mol. The highest BCUT2D eigenvalue weighted by atomic mass is 35.5. The van der Waals surface area contributed by atoms with Crippen LogP contribution in [0.1, 0.15) is 30.0 Å². The van der Waals surface area contributed by atoms with E-state index in [2.05, 4.69) is 5.32 Å². The highest BCUT2D eigenvalue weighted by molar-refractivity contribution is 7.92. The lowest BCUT2D eigenvalue weighted by Crippen LogP contribution is -2.51. The molecule has 1 N–H and O–H groups in total. The monoisotopic (exact) mass is 571 g/mol. The first-order valence-corrected chi connectivity index (χ1v) is 14.3. The first-order chi connectivity index (χ1) is 18.5. The van der Waals surface area contributed by atoms with E-state index >= 15 is 0 Å². The van der Waals surface area contributed by atoms with E-state index in [4.69, 9.17) is 16.3 Å². The number of anilines is 1. The Hall–Kier alpha value is -3.56. The summed E-state index contributed by atoms with van der Waals surface area (Å²) in [6, 6.07) is 17.6. The molecule has 3 rings (SSSR count). The van der Waals surface area contributed by atoms with Gasteiger partial charge in [-0.2, -0.15) is 0 Å². The number of methoxy groups -OCH3 is 1. The van der Waals surface area contributed by atoms with Crippen molar-refractivity contribution in [1.82, 2.24) is 10.2 Å². The Morgan fingerprint density at radius 1 is 1.00 bits per heavy atom. The van der Waals surface area contributed by atoms with Crippen molar-refractivity contribution in [2.45, 2.75) is 44.7 Å². The zero-order chi connectivity index (χ0) is 28.7. The minimum absolute atomic E-state index is 0.0395. The molecule has 1 atom stereocenters. The van der Waals surface area contributed by atoms with Crippen molar-refractivity contribution in [2.24, 2.45) is 0 Å². The third-order valence-corrected chi connectivity index (χ3v) is 8.67. The molecule has 39 heavy (non-hydrogen) atoms. The molecule has 0 bridgehead atoms. The Bertz CT molecular complexity index is 1410. The summed E-state index contributed by atoms with van der Waals surface area (Å²) < 4.78 is 34.0. The second-order valence-corrected chi connectivity index (χ2v) is 11.4. The van der Waals surface area contributed by atoms with Crippen LogP contribution in [0.15, 0.2) is 71.6 Å². The maximum absolute atomic E-state index is 13.9. The van der Waals surface area contributed by atoms with Crippen LogP contribution in [0.5, 0.6) is 5.75 Å². The van der Waals surface area contributed by atoms with Crippen LogP contribution in [0, 0.1) is 13.8 Å². The summed E-state index contributed by atoms with van der Waals surface area (Å²) in [5.74, 6) is -0.221. The molecule has 0 heterocycles. The van der Waals surface area contributed by atoms with Gasteiger partial charge in [0.1, 0.15) is 18.3 Å². The van der Waals surface area contributed by atoms with Crippen molar-refractivity contribution in [1.29, 1.82) is 0 Å². The topological polar surface area (TPSA) is 96.0 Å². The van der Waals surface area contributed by atoms with Gasteiger partial charge in [0, 0.05) is 18.6 Å². The minimum Gasteiger partial charge on any atom is -0.497 e. The number of hydrogen-bond acceptors (Lipinski definition) is 5. The summed E-state index contributed by atoms with van der Waals surface area (Å²) in [5, 5.41) is 2.98. The van der Waals surface area contributed by atoms with Gasteiger partial charge < -0.3 is 15.0 Å². The molecule has 1 unspecified atom stereocenters. The number of rotatable bonds is 11. The van der Waals surface area contributed by atoms with Crippen LogP contribution < -0.4 is 14.4 Å². The molecule has 0 spiro atoms. The van der Waals surface area contributed by atoms with Gasteiger partial charge in [-0.05, 0) is 67.8 Å². The fraction of sp³-hybridized carbons (Fsp3) is 0.310. The number of carbonyl (C=O) groups is 2. The Morgan fingerprint density at radius 3 is 2.18 bits per heavy atom. The molecule has 2 amide bonds. The molecule has 0 radical (unpaired) electrons. The molecule has 0 fully saturated rings. The predicted octanol–water partition coefficient (Wildman–Crippen LogP) is 4.71. The summed E-state index contributed by atoms with van der Waals surface area (Å²) in [7, 11) is -1.10. The van der Waals surface area contributed by atoms with Crippen LogP contribution in [0.4, 0.5) is 5.69 Å². The molecular formula is C29H34ClN3O5S. The third-order valence-electron chi connectivity index (χ3n) is 6.48. The SMILES string of the molecule is CCC(C(=O)NC)N(Cc1ccc(OC)cc1)C(=O)CN(c1ccc(C)c(Cl)c1)S(=O)(=O)c1ccc(C)cc1. The minimum atomic E-state index is -4.16.